The number of para-hydroxylation sites is 1. The molecule has 8 heteroatoms. The molecule has 2 unspecified atom stereocenters. The van der Waals surface area contributed by atoms with Gasteiger partial charge in [0.1, 0.15) is 12.4 Å². The van der Waals surface area contributed by atoms with Crippen LogP contribution in [0.4, 0.5) is 10.5 Å². The summed E-state index contributed by atoms with van der Waals surface area (Å²) in [5.74, 6) is 0.108. The average molecular weight is 384 g/mol. The second-order valence-electron chi connectivity index (χ2n) is 6.59. The molecular formula is C20H24N4O4. The van der Waals surface area contributed by atoms with Gasteiger partial charge in [0, 0.05) is 36.4 Å². The van der Waals surface area contributed by atoms with Crippen LogP contribution in [-0.4, -0.2) is 59.8 Å². The molecule has 3 rings (SSSR count). The first-order chi connectivity index (χ1) is 13.6. The number of amides is 3. The molecule has 3 amide bonds. The fourth-order valence-corrected chi connectivity index (χ4v) is 3.34. The highest BCUT2D eigenvalue weighted by Crippen LogP contribution is 2.27. The Morgan fingerprint density at radius 2 is 2.04 bits per heavy atom. The summed E-state index contributed by atoms with van der Waals surface area (Å²) in [6, 6.07) is 12.3. The van der Waals surface area contributed by atoms with E-state index in [0.29, 0.717) is 30.9 Å². The molecule has 1 saturated heterocycles. The number of nitrogens with one attached hydrogen (secondary N) is 2. The molecule has 0 saturated carbocycles. The second-order valence-corrected chi connectivity index (χ2v) is 6.59. The van der Waals surface area contributed by atoms with Crippen LogP contribution in [0.25, 0.3) is 0 Å². The molecule has 28 heavy (non-hydrogen) atoms. The molecule has 3 N–H and O–H groups in total. The highest BCUT2D eigenvalue weighted by molar-refractivity contribution is 5.89. The molecular weight excluding hydrogens is 360 g/mol. The number of aromatic nitrogens is 1. The fraction of sp³-hybridized carbons (Fsp3) is 0.350. The predicted octanol–water partition coefficient (Wildman–Crippen LogP) is 1.59. The van der Waals surface area contributed by atoms with Crippen LogP contribution >= 0.6 is 0 Å². The van der Waals surface area contributed by atoms with Gasteiger partial charge in [-0.3, -0.25) is 9.78 Å². The summed E-state index contributed by atoms with van der Waals surface area (Å²) in [7, 11) is 1.57. The summed E-state index contributed by atoms with van der Waals surface area (Å²) in [6.45, 7) is 0.298. The monoisotopic (exact) mass is 384 g/mol. The lowest BCUT2D eigenvalue weighted by atomic mass is 9.88. The van der Waals surface area contributed by atoms with Gasteiger partial charge in [-0.25, -0.2) is 4.79 Å². The molecule has 148 valence electrons. The van der Waals surface area contributed by atoms with Gasteiger partial charge in [-0.2, -0.15) is 0 Å². The topological polar surface area (TPSA) is 104 Å². The first-order valence-corrected chi connectivity index (χ1v) is 9.12. The van der Waals surface area contributed by atoms with Crippen LogP contribution in [-0.2, 0) is 4.79 Å². The normalized spacial score (nSPS) is 19.0. The number of piperidine rings is 1. The van der Waals surface area contributed by atoms with Gasteiger partial charge in [0.15, 0.2) is 0 Å². The molecule has 2 atom stereocenters. The van der Waals surface area contributed by atoms with Crippen LogP contribution in [0.3, 0.4) is 0 Å². The van der Waals surface area contributed by atoms with E-state index in [-0.39, 0.29) is 23.9 Å². The number of benzene rings is 1. The zero-order valence-electron chi connectivity index (χ0n) is 15.7. The van der Waals surface area contributed by atoms with E-state index in [1.54, 1.807) is 24.3 Å². The minimum atomic E-state index is -0.532. The first-order valence-electron chi connectivity index (χ1n) is 9.12. The van der Waals surface area contributed by atoms with Gasteiger partial charge < -0.3 is 25.4 Å². The minimum Gasteiger partial charge on any atom is -0.495 e. The van der Waals surface area contributed by atoms with E-state index in [1.807, 2.05) is 36.4 Å². The number of carbonyl (C=O) groups is 2. The summed E-state index contributed by atoms with van der Waals surface area (Å²) >= 11 is 0. The maximum Gasteiger partial charge on any atom is 0.319 e. The first kappa shape index (κ1) is 19.6. The van der Waals surface area contributed by atoms with Gasteiger partial charge in [0.05, 0.1) is 13.3 Å². The van der Waals surface area contributed by atoms with Gasteiger partial charge in [0.25, 0.3) is 0 Å². The molecule has 2 aromatic rings. The van der Waals surface area contributed by atoms with Crippen LogP contribution in [0.15, 0.2) is 48.7 Å². The molecule has 1 aliphatic rings. The van der Waals surface area contributed by atoms with Gasteiger partial charge in [0.2, 0.25) is 5.91 Å². The fourth-order valence-electron chi connectivity index (χ4n) is 3.34. The van der Waals surface area contributed by atoms with Crippen molar-refractivity contribution < 1.29 is 19.4 Å². The van der Waals surface area contributed by atoms with E-state index >= 15 is 0 Å². The number of aliphatic hydroxyl groups is 1. The molecule has 0 spiro atoms. The Labute approximate surface area is 163 Å². The number of aliphatic hydroxyl groups excluding tert-OH is 1. The Balaban J connectivity index is 1.74. The van der Waals surface area contributed by atoms with Crippen molar-refractivity contribution in [3.05, 3.63) is 54.4 Å². The lowest BCUT2D eigenvalue weighted by Crippen LogP contribution is -2.52. The van der Waals surface area contributed by atoms with Crippen molar-refractivity contribution in [2.24, 2.45) is 0 Å². The van der Waals surface area contributed by atoms with Crippen molar-refractivity contribution in [2.45, 2.75) is 18.4 Å². The number of urea groups is 1. The Bertz CT molecular complexity index is 798. The highest BCUT2D eigenvalue weighted by atomic mass is 16.5. The van der Waals surface area contributed by atoms with Crippen molar-refractivity contribution in [3.63, 3.8) is 0 Å². The summed E-state index contributed by atoms with van der Waals surface area (Å²) < 4.78 is 5.15. The number of methoxy groups -OCH3 is 1. The SMILES string of the molecule is COc1ccc(C2CN(C(=O)CO)CCC2NC(=O)Nc2ccccc2)nc1. The number of anilines is 1. The Morgan fingerprint density at radius 1 is 1.25 bits per heavy atom. The molecule has 0 bridgehead atoms. The zero-order valence-corrected chi connectivity index (χ0v) is 15.7. The number of ether oxygens (including phenoxy) is 1. The third kappa shape index (κ3) is 4.77. The third-order valence-corrected chi connectivity index (χ3v) is 4.82. The second kappa shape index (κ2) is 9.18. The van der Waals surface area contributed by atoms with E-state index in [1.165, 1.54) is 0 Å². The molecule has 0 aliphatic carbocycles. The lowest BCUT2D eigenvalue weighted by Gasteiger charge is -2.38. The molecule has 1 aliphatic heterocycles. The number of hydrogen-bond donors (Lipinski definition) is 3. The number of carbonyl (C=O) groups excluding carboxylic acids is 2. The molecule has 1 fully saturated rings. The van der Waals surface area contributed by atoms with E-state index in [0.717, 1.165) is 5.69 Å². The Kier molecular flexibility index (Phi) is 6.44. The highest BCUT2D eigenvalue weighted by Gasteiger charge is 2.34. The van der Waals surface area contributed by atoms with Crippen LogP contribution in [0, 0.1) is 0 Å². The summed E-state index contributed by atoms with van der Waals surface area (Å²) in [4.78, 5) is 30.4. The Morgan fingerprint density at radius 3 is 2.68 bits per heavy atom. The van der Waals surface area contributed by atoms with E-state index in [9.17, 15) is 14.7 Å². The van der Waals surface area contributed by atoms with Gasteiger partial charge in [-0.05, 0) is 30.7 Å². The maximum atomic E-state index is 12.4. The minimum absolute atomic E-state index is 0.198. The molecule has 2 heterocycles. The van der Waals surface area contributed by atoms with Crippen LogP contribution in [0.2, 0.25) is 0 Å². The summed E-state index contributed by atoms with van der Waals surface area (Å²) in [6.07, 6.45) is 2.18. The van der Waals surface area contributed by atoms with Gasteiger partial charge in [-0.15, -0.1) is 0 Å². The smallest absolute Gasteiger partial charge is 0.319 e. The molecule has 1 aromatic heterocycles. The van der Waals surface area contributed by atoms with Crippen molar-refractivity contribution >= 4 is 17.6 Å². The van der Waals surface area contributed by atoms with E-state index < -0.39 is 6.61 Å². The number of likely N-dealkylation sites (tertiary alicyclic amines) is 1. The Hall–Kier alpha value is -3.13. The predicted molar refractivity (Wildman–Crippen MR) is 104 cm³/mol. The van der Waals surface area contributed by atoms with Gasteiger partial charge >= 0.3 is 6.03 Å². The summed E-state index contributed by atoms with van der Waals surface area (Å²) in [5, 5.41) is 15.0. The van der Waals surface area contributed by atoms with Crippen molar-refractivity contribution in [3.8, 4) is 5.75 Å². The molecule has 0 radical (unpaired) electrons. The van der Waals surface area contributed by atoms with Crippen molar-refractivity contribution in [1.29, 1.82) is 0 Å². The van der Waals surface area contributed by atoms with Crippen LogP contribution in [0.5, 0.6) is 5.75 Å². The largest absolute Gasteiger partial charge is 0.495 e. The molecule has 8 nitrogen and oxygen atoms in total. The zero-order chi connectivity index (χ0) is 19.9. The number of hydrogen-bond acceptors (Lipinski definition) is 5. The van der Waals surface area contributed by atoms with E-state index in [2.05, 4.69) is 15.6 Å². The number of pyridine rings is 1. The quantitative estimate of drug-likeness (QED) is 0.726. The number of nitrogens with zero attached hydrogens (tertiary/aromatic N) is 2. The number of rotatable bonds is 5. The van der Waals surface area contributed by atoms with Crippen molar-refractivity contribution in [2.75, 3.05) is 32.1 Å². The average Bonchev–Trinajstić information content (AvgIpc) is 2.74. The molecule has 1 aromatic carbocycles. The van der Waals surface area contributed by atoms with Gasteiger partial charge in [-0.1, -0.05) is 18.2 Å². The standard InChI is InChI=1S/C20H24N4O4/c1-28-15-7-8-17(21-11-15)16-12-24(19(26)13-25)10-9-18(16)23-20(27)22-14-5-3-2-4-6-14/h2-8,11,16,18,25H,9-10,12-13H2,1H3,(H2,22,23,27). The lowest BCUT2D eigenvalue weighted by molar-refractivity contribution is -0.135. The van der Waals surface area contributed by atoms with Crippen LogP contribution in [0.1, 0.15) is 18.0 Å². The van der Waals surface area contributed by atoms with Crippen LogP contribution < -0.4 is 15.4 Å². The maximum absolute atomic E-state index is 12.4. The van der Waals surface area contributed by atoms with E-state index in [4.69, 9.17) is 4.74 Å². The summed E-state index contributed by atoms with van der Waals surface area (Å²) in [5.41, 5.74) is 1.45. The van der Waals surface area contributed by atoms with Crippen molar-refractivity contribution in [1.82, 2.24) is 15.2 Å². The third-order valence-electron chi connectivity index (χ3n) is 4.82.